The van der Waals surface area contributed by atoms with Gasteiger partial charge in [0, 0.05) is 0 Å². The molecular weight excluding hydrogens is 540 g/mol. The van der Waals surface area contributed by atoms with Crippen LogP contribution in [0.5, 0.6) is 0 Å². The molecule has 0 bridgehead atoms. The molecule has 0 N–H and O–H groups in total. The van der Waals surface area contributed by atoms with E-state index in [9.17, 15) is 0 Å². The van der Waals surface area contributed by atoms with E-state index in [0.29, 0.717) is 0 Å². The second-order valence-corrected chi connectivity index (χ2v) is 11.8. The quantitative estimate of drug-likeness (QED) is 0.180. The van der Waals surface area contributed by atoms with Crippen molar-refractivity contribution in [3.63, 3.8) is 0 Å². The molecule has 0 aliphatic carbocycles. The highest BCUT2D eigenvalue weighted by atomic mass is 14.2. The molecule has 0 unspecified atom stereocenters. The van der Waals surface area contributed by atoms with E-state index in [1.807, 2.05) is 0 Å². The van der Waals surface area contributed by atoms with Crippen molar-refractivity contribution < 1.29 is 0 Å². The topological polar surface area (TPSA) is 0 Å². The molecule has 8 rings (SSSR count). The normalized spacial score (nSPS) is 11.2. The van der Waals surface area contributed by atoms with Crippen LogP contribution in [0.2, 0.25) is 0 Å². The van der Waals surface area contributed by atoms with Crippen molar-refractivity contribution >= 4 is 21.5 Å². The summed E-state index contributed by atoms with van der Waals surface area (Å²) in [5.41, 5.74) is 13.6. The maximum atomic E-state index is 2.37. The number of rotatable bonds is 5. The van der Waals surface area contributed by atoms with Crippen LogP contribution in [0.3, 0.4) is 0 Å². The summed E-state index contributed by atoms with van der Waals surface area (Å²) >= 11 is 0. The summed E-state index contributed by atoms with van der Waals surface area (Å²) in [6, 6.07) is 64.1. The first kappa shape index (κ1) is 26.9. The van der Waals surface area contributed by atoms with Crippen LogP contribution in [-0.2, 0) is 0 Å². The highest BCUT2D eigenvalue weighted by Gasteiger charge is 2.18. The Kier molecular flexibility index (Phi) is 6.81. The Balaban J connectivity index is 1.44. The van der Waals surface area contributed by atoms with Gasteiger partial charge in [0.15, 0.2) is 0 Å². The number of benzene rings is 8. The van der Waals surface area contributed by atoms with Gasteiger partial charge in [-0.1, -0.05) is 152 Å². The zero-order chi connectivity index (χ0) is 30.2. The third-order valence-electron chi connectivity index (χ3n) is 8.84. The molecule has 0 heterocycles. The van der Waals surface area contributed by atoms with E-state index in [4.69, 9.17) is 0 Å². The van der Waals surface area contributed by atoms with Crippen LogP contribution in [0, 0.1) is 6.92 Å². The van der Waals surface area contributed by atoms with Crippen LogP contribution in [0.25, 0.3) is 77.2 Å². The van der Waals surface area contributed by atoms with Crippen molar-refractivity contribution in [1.29, 1.82) is 0 Å². The van der Waals surface area contributed by atoms with E-state index in [1.54, 1.807) is 0 Å². The summed E-state index contributed by atoms with van der Waals surface area (Å²) in [7, 11) is 0. The minimum Gasteiger partial charge on any atom is -0.0622 e. The second kappa shape index (κ2) is 11.4. The molecule has 0 heteroatoms. The highest BCUT2D eigenvalue weighted by molar-refractivity contribution is 6.21. The van der Waals surface area contributed by atoms with Gasteiger partial charge in [-0.3, -0.25) is 0 Å². The fourth-order valence-electron chi connectivity index (χ4n) is 6.84. The molecule has 0 radical (unpaired) electrons. The molecule has 0 aromatic heterocycles. The van der Waals surface area contributed by atoms with Gasteiger partial charge >= 0.3 is 0 Å². The van der Waals surface area contributed by atoms with E-state index in [2.05, 4.69) is 183 Å². The maximum absolute atomic E-state index is 2.37. The van der Waals surface area contributed by atoms with Gasteiger partial charge in [-0.25, -0.2) is 0 Å². The van der Waals surface area contributed by atoms with E-state index < -0.39 is 0 Å². The molecule has 0 atom stereocenters. The molecule has 212 valence electrons. The Bertz CT molecular complexity index is 2180. The number of aryl methyl sites for hydroxylation is 1. The maximum Gasteiger partial charge on any atom is -0.00259 e. The van der Waals surface area contributed by atoms with Crippen molar-refractivity contribution in [2.45, 2.75) is 6.92 Å². The van der Waals surface area contributed by atoms with E-state index in [1.165, 1.54) is 82.7 Å². The number of hydrogen-bond acceptors (Lipinski definition) is 0. The van der Waals surface area contributed by atoms with Gasteiger partial charge in [0.1, 0.15) is 0 Å². The molecule has 0 amide bonds. The zero-order valence-electron chi connectivity index (χ0n) is 25.2. The lowest BCUT2D eigenvalue weighted by atomic mass is 9.83. The van der Waals surface area contributed by atoms with Crippen LogP contribution in [0.4, 0.5) is 0 Å². The number of fused-ring (bicyclic) bond motifs is 2. The molecule has 0 aliphatic heterocycles. The van der Waals surface area contributed by atoms with E-state index >= 15 is 0 Å². The third-order valence-corrected chi connectivity index (χ3v) is 8.84. The molecule has 0 spiro atoms. The van der Waals surface area contributed by atoms with Crippen LogP contribution in [-0.4, -0.2) is 0 Å². The fourth-order valence-corrected chi connectivity index (χ4v) is 6.84. The first-order valence-electron chi connectivity index (χ1n) is 15.6. The Morgan fingerprint density at radius 2 is 0.511 bits per heavy atom. The molecule has 0 saturated heterocycles. The predicted molar refractivity (Wildman–Crippen MR) is 193 cm³/mol. The lowest BCUT2D eigenvalue weighted by Gasteiger charge is -2.20. The zero-order valence-corrected chi connectivity index (χ0v) is 25.2. The SMILES string of the molecule is Cc1cc(-c2ccccc2)cc(-c2c3ccccc3c(-c3cc(-c4ccccc4)cc(-c4ccccc4)c3)c3ccccc23)c1. The van der Waals surface area contributed by atoms with Crippen molar-refractivity contribution in [1.82, 2.24) is 0 Å². The molecule has 8 aromatic rings. The average molecular weight is 573 g/mol. The lowest BCUT2D eigenvalue weighted by Crippen LogP contribution is -1.93. The third kappa shape index (κ3) is 5.01. The minimum absolute atomic E-state index is 1.22. The van der Waals surface area contributed by atoms with Gasteiger partial charge in [0.05, 0.1) is 0 Å². The first-order valence-corrected chi connectivity index (χ1v) is 15.6. The van der Waals surface area contributed by atoms with Crippen molar-refractivity contribution in [2.24, 2.45) is 0 Å². The molecule has 8 aromatic carbocycles. The number of hydrogen-bond donors (Lipinski definition) is 0. The van der Waals surface area contributed by atoms with Crippen LogP contribution >= 0.6 is 0 Å². The molecule has 0 nitrogen and oxygen atoms in total. The predicted octanol–water partition coefficient (Wildman–Crippen LogP) is 12.6. The Hall–Kier alpha value is -5.72. The monoisotopic (exact) mass is 572 g/mol. The minimum atomic E-state index is 1.22. The molecule has 45 heavy (non-hydrogen) atoms. The standard InChI is InChI=1S/C45H32/c1-31-25-35(32-15-5-2-6-16-32)28-38(26-31)44-40-21-11-13-23-42(40)45(43-24-14-12-22-41(43)44)39-29-36(33-17-7-3-8-18-33)27-37(30-39)34-19-9-4-10-20-34/h2-30H,1H3. The van der Waals surface area contributed by atoms with Gasteiger partial charge < -0.3 is 0 Å². The van der Waals surface area contributed by atoms with Gasteiger partial charge in [-0.2, -0.15) is 0 Å². The van der Waals surface area contributed by atoms with Crippen LogP contribution < -0.4 is 0 Å². The molecule has 0 aliphatic rings. The fraction of sp³-hybridized carbons (Fsp3) is 0.0222. The van der Waals surface area contributed by atoms with Crippen molar-refractivity contribution in [3.8, 4) is 55.6 Å². The van der Waals surface area contributed by atoms with E-state index in [-0.39, 0.29) is 0 Å². The van der Waals surface area contributed by atoms with Crippen molar-refractivity contribution in [2.75, 3.05) is 0 Å². The Labute approximate surface area is 264 Å². The average Bonchev–Trinajstić information content (AvgIpc) is 3.11. The smallest absolute Gasteiger partial charge is 0.00259 e. The summed E-state index contributed by atoms with van der Waals surface area (Å²) in [4.78, 5) is 0. The van der Waals surface area contributed by atoms with Gasteiger partial charge in [-0.15, -0.1) is 0 Å². The molecular formula is C45H32. The molecule has 0 fully saturated rings. The Morgan fingerprint density at radius 1 is 0.244 bits per heavy atom. The Morgan fingerprint density at radius 3 is 0.889 bits per heavy atom. The van der Waals surface area contributed by atoms with Gasteiger partial charge in [0.2, 0.25) is 0 Å². The lowest BCUT2D eigenvalue weighted by molar-refractivity contribution is 1.47. The highest BCUT2D eigenvalue weighted by Crippen LogP contribution is 2.46. The van der Waals surface area contributed by atoms with Crippen molar-refractivity contribution in [3.05, 3.63) is 181 Å². The summed E-state index contributed by atoms with van der Waals surface area (Å²) in [6.07, 6.45) is 0. The van der Waals surface area contributed by atoms with Crippen LogP contribution in [0.15, 0.2) is 176 Å². The first-order chi connectivity index (χ1) is 22.2. The van der Waals surface area contributed by atoms with Crippen LogP contribution in [0.1, 0.15) is 5.56 Å². The largest absolute Gasteiger partial charge is 0.0622 e. The summed E-state index contributed by atoms with van der Waals surface area (Å²) in [6.45, 7) is 2.20. The van der Waals surface area contributed by atoms with Gasteiger partial charge in [-0.05, 0) is 114 Å². The second-order valence-electron chi connectivity index (χ2n) is 11.8. The summed E-state index contributed by atoms with van der Waals surface area (Å²) < 4.78 is 0. The summed E-state index contributed by atoms with van der Waals surface area (Å²) in [5.74, 6) is 0. The summed E-state index contributed by atoms with van der Waals surface area (Å²) in [5, 5.41) is 5.06. The molecule has 0 saturated carbocycles. The van der Waals surface area contributed by atoms with E-state index in [0.717, 1.165) is 0 Å². The van der Waals surface area contributed by atoms with Gasteiger partial charge in [0.25, 0.3) is 0 Å².